The molecule has 0 N–H and O–H groups in total. The van der Waals surface area contributed by atoms with E-state index >= 15 is 0 Å². The van der Waals surface area contributed by atoms with Crippen LogP contribution < -0.4 is 9.64 Å². The van der Waals surface area contributed by atoms with E-state index in [2.05, 4.69) is 9.80 Å². The molecule has 40 heavy (non-hydrogen) atoms. The van der Waals surface area contributed by atoms with Gasteiger partial charge in [-0.05, 0) is 87.0 Å². The molecular formula is C32H36F2N4O2. The van der Waals surface area contributed by atoms with Crippen molar-refractivity contribution in [3.8, 4) is 17.0 Å². The van der Waals surface area contributed by atoms with E-state index in [1.807, 2.05) is 37.3 Å². The molecule has 3 aromatic rings. The van der Waals surface area contributed by atoms with Crippen molar-refractivity contribution in [3.63, 3.8) is 0 Å². The zero-order valence-electron chi connectivity index (χ0n) is 23.0. The summed E-state index contributed by atoms with van der Waals surface area (Å²) >= 11 is 0. The summed E-state index contributed by atoms with van der Waals surface area (Å²) in [7, 11) is 0. The maximum Gasteiger partial charge on any atom is 0.260 e. The summed E-state index contributed by atoms with van der Waals surface area (Å²) in [6, 6.07) is 14.1. The Labute approximate surface area is 234 Å². The molecule has 2 fully saturated rings. The van der Waals surface area contributed by atoms with Crippen molar-refractivity contribution in [1.82, 2.24) is 14.8 Å². The number of carbonyl (C=O) groups is 1. The monoisotopic (exact) mass is 546 g/mol. The minimum atomic E-state index is -0.654. The molecule has 0 aliphatic carbocycles. The number of benzene rings is 2. The van der Waals surface area contributed by atoms with Gasteiger partial charge in [-0.15, -0.1) is 0 Å². The molecule has 0 unspecified atom stereocenters. The van der Waals surface area contributed by atoms with Crippen LogP contribution in [0, 0.1) is 18.6 Å². The Kier molecular flexibility index (Phi) is 7.69. The summed E-state index contributed by atoms with van der Waals surface area (Å²) < 4.78 is 34.0. The highest BCUT2D eigenvalue weighted by Crippen LogP contribution is 2.38. The molecule has 2 saturated heterocycles. The molecule has 6 nitrogen and oxygen atoms in total. The van der Waals surface area contributed by atoms with Crippen LogP contribution in [0.2, 0.25) is 0 Å². The fourth-order valence-corrected chi connectivity index (χ4v) is 6.39. The highest BCUT2D eigenvalue weighted by molar-refractivity contribution is 6.04. The zero-order chi connectivity index (χ0) is 27.6. The van der Waals surface area contributed by atoms with Gasteiger partial charge in [0.25, 0.3) is 5.91 Å². The minimum absolute atomic E-state index is 0.103. The summed E-state index contributed by atoms with van der Waals surface area (Å²) in [4.78, 5) is 25.7. The van der Waals surface area contributed by atoms with E-state index in [9.17, 15) is 13.6 Å². The number of halogens is 2. The number of likely N-dealkylation sites (tertiary alicyclic amines) is 1. The van der Waals surface area contributed by atoms with Crippen molar-refractivity contribution < 1.29 is 18.3 Å². The lowest BCUT2D eigenvalue weighted by Crippen LogP contribution is -2.44. The maximum absolute atomic E-state index is 14.1. The van der Waals surface area contributed by atoms with Crippen molar-refractivity contribution >= 4 is 11.7 Å². The molecule has 0 bridgehead atoms. The first kappa shape index (κ1) is 26.7. The minimum Gasteiger partial charge on any atom is -0.477 e. The Bertz CT molecular complexity index is 1360. The number of aryl methyl sites for hydroxylation is 1. The van der Waals surface area contributed by atoms with Crippen molar-refractivity contribution in [2.75, 3.05) is 44.2 Å². The third-order valence-electron chi connectivity index (χ3n) is 8.46. The molecule has 0 spiro atoms. The van der Waals surface area contributed by atoms with Gasteiger partial charge in [0, 0.05) is 43.9 Å². The average Bonchev–Trinajstić information content (AvgIpc) is 3.48. The van der Waals surface area contributed by atoms with Gasteiger partial charge >= 0.3 is 0 Å². The van der Waals surface area contributed by atoms with E-state index < -0.39 is 11.6 Å². The van der Waals surface area contributed by atoms with Crippen LogP contribution in [-0.2, 0) is 6.54 Å². The molecule has 1 amide bonds. The Morgan fingerprint density at radius 1 is 0.900 bits per heavy atom. The Morgan fingerprint density at radius 2 is 1.62 bits per heavy atom. The number of amides is 1. The Hall–Kier alpha value is -3.52. The number of ether oxygens (including phenoxy) is 1. The lowest BCUT2D eigenvalue weighted by atomic mass is 9.95. The Morgan fingerprint density at radius 3 is 2.35 bits per heavy atom. The second-order valence-electron chi connectivity index (χ2n) is 11.2. The van der Waals surface area contributed by atoms with Crippen LogP contribution in [0.15, 0.2) is 48.5 Å². The summed E-state index contributed by atoms with van der Waals surface area (Å²) in [5.41, 5.74) is 3.59. The summed E-state index contributed by atoms with van der Waals surface area (Å²) in [5.74, 6) is -0.400. The highest BCUT2D eigenvalue weighted by Gasteiger charge is 2.31. The SMILES string of the molecule is Cc1ccccc1-c1cc(N2CCC(N3CCCC3)CC2)nc2c1C(=O)N(Cc1cc(F)cc(F)c1)CCCO2. The van der Waals surface area contributed by atoms with Crippen LogP contribution in [0.1, 0.15) is 53.6 Å². The predicted octanol–water partition coefficient (Wildman–Crippen LogP) is 5.82. The number of piperidine rings is 1. The topological polar surface area (TPSA) is 48.9 Å². The molecule has 2 aromatic carbocycles. The first-order valence-corrected chi connectivity index (χ1v) is 14.4. The maximum atomic E-state index is 14.1. The lowest BCUT2D eigenvalue weighted by molar-refractivity contribution is 0.0711. The normalized spacial score (nSPS) is 18.8. The predicted molar refractivity (Wildman–Crippen MR) is 152 cm³/mol. The third-order valence-corrected chi connectivity index (χ3v) is 8.46. The molecule has 3 aliphatic rings. The summed E-state index contributed by atoms with van der Waals surface area (Å²) in [6.07, 6.45) is 5.37. The molecule has 0 saturated carbocycles. The van der Waals surface area contributed by atoms with Crippen LogP contribution in [-0.4, -0.2) is 66.1 Å². The molecule has 1 aromatic heterocycles. The van der Waals surface area contributed by atoms with Gasteiger partial charge in [-0.2, -0.15) is 4.98 Å². The molecule has 6 rings (SSSR count). The molecule has 210 valence electrons. The lowest BCUT2D eigenvalue weighted by Gasteiger charge is -2.37. The quantitative estimate of drug-likeness (QED) is 0.403. The van der Waals surface area contributed by atoms with Gasteiger partial charge in [0.15, 0.2) is 0 Å². The van der Waals surface area contributed by atoms with E-state index in [0.717, 1.165) is 54.5 Å². The standard InChI is InChI=1S/C32H36F2N4O2/c1-22-7-2-3-8-27(22)28-20-29(37-14-9-26(10-15-37)36-11-4-5-12-36)35-31-30(28)32(39)38(13-6-16-40-31)21-23-17-24(33)19-25(34)18-23/h2-3,7-8,17-20,26H,4-6,9-16,21H2,1H3. The van der Waals surface area contributed by atoms with Gasteiger partial charge < -0.3 is 19.4 Å². The number of pyridine rings is 1. The fraction of sp³-hybridized carbons (Fsp3) is 0.438. The number of hydrogen-bond acceptors (Lipinski definition) is 5. The van der Waals surface area contributed by atoms with Crippen molar-refractivity contribution in [2.24, 2.45) is 0 Å². The van der Waals surface area contributed by atoms with E-state index in [1.54, 1.807) is 4.90 Å². The first-order chi connectivity index (χ1) is 19.5. The number of nitrogens with zero attached hydrogens (tertiary/aromatic N) is 4. The molecule has 0 atom stereocenters. The van der Waals surface area contributed by atoms with E-state index in [0.29, 0.717) is 42.6 Å². The number of anilines is 1. The molecular weight excluding hydrogens is 510 g/mol. The van der Waals surface area contributed by atoms with Gasteiger partial charge in [-0.3, -0.25) is 4.79 Å². The van der Waals surface area contributed by atoms with Crippen LogP contribution in [0.25, 0.3) is 11.1 Å². The van der Waals surface area contributed by atoms with E-state index in [-0.39, 0.29) is 12.5 Å². The summed E-state index contributed by atoms with van der Waals surface area (Å²) in [6.45, 7) is 7.17. The zero-order valence-corrected chi connectivity index (χ0v) is 23.0. The number of rotatable bonds is 5. The van der Waals surface area contributed by atoms with Crippen LogP contribution in [0.5, 0.6) is 5.88 Å². The van der Waals surface area contributed by atoms with Crippen molar-refractivity contribution in [3.05, 3.63) is 76.9 Å². The first-order valence-electron chi connectivity index (χ1n) is 14.4. The van der Waals surface area contributed by atoms with Crippen LogP contribution in [0.3, 0.4) is 0 Å². The molecule has 4 heterocycles. The number of hydrogen-bond donors (Lipinski definition) is 0. The van der Waals surface area contributed by atoms with Crippen LogP contribution in [0.4, 0.5) is 14.6 Å². The second-order valence-corrected chi connectivity index (χ2v) is 11.2. The van der Waals surface area contributed by atoms with Gasteiger partial charge in [0.2, 0.25) is 5.88 Å². The molecule has 3 aliphatic heterocycles. The van der Waals surface area contributed by atoms with Crippen LogP contribution >= 0.6 is 0 Å². The largest absolute Gasteiger partial charge is 0.477 e. The number of aromatic nitrogens is 1. The van der Waals surface area contributed by atoms with Gasteiger partial charge in [0.1, 0.15) is 23.0 Å². The summed E-state index contributed by atoms with van der Waals surface area (Å²) in [5, 5.41) is 0. The van der Waals surface area contributed by atoms with Gasteiger partial charge in [-0.25, -0.2) is 8.78 Å². The van der Waals surface area contributed by atoms with E-state index in [1.165, 1.54) is 38.1 Å². The third kappa shape index (κ3) is 5.55. The Balaban J connectivity index is 1.36. The van der Waals surface area contributed by atoms with Crippen molar-refractivity contribution in [2.45, 2.75) is 51.6 Å². The number of carbonyl (C=O) groups excluding carboxylic acids is 1. The number of fused-ring (bicyclic) bond motifs is 1. The second kappa shape index (κ2) is 11.5. The average molecular weight is 547 g/mol. The highest BCUT2D eigenvalue weighted by atomic mass is 19.1. The molecule has 0 radical (unpaired) electrons. The van der Waals surface area contributed by atoms with Gasteiger partial charge in [0.05, 0.1) is 6.61 Å². The fourth-order valence-electron chi connectivity index (χ4n) is 6.39. The molecule has 8 heteroatoms. The van der Waals surface area contributed by atoms with Gasteiger partial charge in [-0.1, -0.05) is 24.3 Å². The van der Waals surface area contributed by atoms with Crippen molar-refractivity contribution in [1.29, 1.82) is 0 Å². The smallest absolute Gasteiger partial charge is 0.260 e. The van der Waals surface area contributed by atoms with E-state index in [4.69, 9.17) is 9.72 Å².